The zero-order valence-electron chi connectivity index (χ0n) is 12.3. The minimum absolute atomic E-state index is 0.249. The smallest absolute Gasteiger partial charge is 0.159 e. The highest BCUT2D eigenvalue weighted by Crippen LogP contribution is 2.36. The van der Waals surface area contributed by atoms with Crippen LogP contribution in [-0.2, 0) is 0 Å². The van der Waals surface area contributed by atoms with Crippen molar-refractivity contribution in [1.82, 2.24) is 9.97 Å². The van der Waals surface area contributed by atoms with Crippen LogP contribution in [0.25, 0.3) is 21.3 Å². The molecule has 3 rings (SSSR count). The van der Waals surface area contributed by atoms with Crippen LogP contribution in [-0.4, -0.2) is 15.7 Å². The predicted octanol–water partition coefficient (Wildman–Crippen LogP) is 4.70. The zero-order valence-corrected chi connectivity index (χ0v) is 13.1. The Morgan fingerprint density at radius 2 is 2.05 bits per heavy atom. The average molecular weight is 314 g/mol. The lowest BCUT2D eigenvalue weighted by Gasteiger charge is -2.05. The van der Waals surface area contributed by atoms with Crippen molar-refractivity contribution < 1.29 is 4.39 Å². The van der Waals surface area contributed by atoms with Crippen molar-refractivity contribution in [1.29, 1.82) is 0 Å². The van der Waals surface area contributed by atoms with E-state index in [0.29, 0.717) is 5.82 Å². The first kappa shape index (κ1) is 14.6. The first-order valence-electron chi connectivity index (χ1n) is 6.96. The molecule has 0 bridgehead atoms. The number of hydrazone groups is 1. The number of halogens is 1. The SMILES string of the molecule is CC/C(C)=N\Nc1ncnc2scc(-c3ccc(F)cc3)c12. The van der Waals surface area contributed by atoms with Crippen molar-refractivity contribution in [2.75, 3.05) is 5.43 Å². The van der Waals surface area contributed by atoms with Crippen molar-refractivity contribution in [2.45, 2.75) is 20.3 Å². The summed E-state index contributed by atoms with van der Waals surface area (Å²) in [6.45, 7) is 4.00. The van der Waals surface area contributed by atoms with Gasteiger partial charge in [-0.3, -0.25) is 5.43 Å². The summed E-state index contributed by atoms with van der Waals surface area (Å²) in [7, 11) is 0. The van der Waals surface area contributed by atoms with Crippen LogP contribution in [0.5, 0.6) is 0 Å². The molecule has 3 aromatic rings. The Hall–Kier alpha value is -2.34. The van der Waals surface area contributed by atoms with Crippen molar-refractivity contribution in [3.05, 3.63) is 41.8 Å². The van der Waals surface area contributed by atoms with Gasteiger partial charge in [0.25, 0.3) is 0 Å². The summed E-state index contributed by atoms with van der Waals surface area (Å²) in [6.07, 6.45) is 2.39. The number of fused-ring (bicyclic) bond motifs is 1. The Morgan fingerprint density at radius 1 is 1.27 bits per heavy atom. The van der Waals surface area contributed by atoms with Gasteiger partial charge in [0, 0.05) is 16.7 Å². The molecule has 0 aliphatic rings. The molecule has 2 aromatic heterocycles. The van der Waals surface area contributed by atoms with Gasteiger partial charge in [-0.2, -0.15) is 5.10 Å². The summed E-state index contributed by atoms with van der Waals surface area (Å²) in [4.78, 5) is 9.47. The summed E-state index contributed by atoms with van der Waals surface area (Å²) in [5.74, 6) is 0.416. The molecular weight excluding hydrogens is 299 g/mol. The van der Waals surface area contributed by atoms with Gasteiger partial charge in [0.15, 0.2) is 5.82 Å². The maximum Gasteiger partial charge on any atom is 0.159 e. The third kappa shape index (κ3) is 2.82. The van der Waals surface area contributed by atoms with Crippen molar-refractivity contribution in [3.8, 4) is 11.1 Å². The van der Waals surface area contributed by atoms with Crippen LogP contribution in [0.2, 0.25) is 0 Å². The maximum atomic E-state index is 13.1. The van der Waals surface area contributed by atoms with Gasteiger partial charge < -0.3 is 0 Å². The first-order chi connectivity index (χ1) is 10.7. The highest BCUT2D eigenvalue weighted by atomic mass is 32.1. The second-order valence-corrected chi connectivity index (χ2v) is 5.73. The molecule has 1 aromatic carbocycles. The number of hydrogen-bond donors (Lipinski definition) is 1. The molecular formula is C16H15FN4S. The summed E-state index contributed by atoms with van der Waals surface area (Å²) in [5, 5.41) is 7.23. The fourth-order valence-corrected chi connectivity index (χ4v) is 2.95. The van der Waals surface area contributed by atoms with Crippen LogP contribution in [0.4, 0.5) is 10.2 Å². The fourth-order valence-electron chi connectivity index (χ4n) is 2.03. The van der Waals surface area contributed by atoms with E-state index in [1.807, 2.05) is 19.2 Å². The van der Waals surface area contributed by atoms with Crippen molar-refractivity contribution in [3.63, 3.8) is 0 Å². The monoisotopic (exact) mass is 314 g/mol. The van der Waals surface area contributed by atoms with Gasteiger partial charge in [-0.25, -0.2) is 14.4 Å². The first-order valence-corrected chi connectivity index (χ1v) is 7.84. The second-order valence-electron chi connectivity index (χ2n) is 4.87. The molecule has 0 saturated heterocycles. The molecule has 1 N–H and O–H groups in total. The standard InChI is InChI=1S/C16H15FN4S/c1-3-10(2)20-21-15-14-13(8-22-16(14)19-9-18-15)11-4-6-12(17)7-5-11/h4-9H,3H2,1-2H3,(H,18,19,21)/b20-10-. The Morgan fingerprint density at radius 3 is 2.77 bits per heavy atom. The molecule has 2 heterocycles. The molecule has 0 amide bonds. The highest BCUT2D eigenvalue weighted by molar-refractivity contribution is 7.17. The molecule has 6 heteroatoms. The lowest BCUT2D eigenvalue weighted by molar-refractivity contribution is 0.628. The molecule has 0 spiro atoms. The number of benzene rings is 1. The summed E-state index contributed by atoms with van der Waals surface area (Å²) < 4.78 is 13.1. The number of anilines is 1. The Kier molecular flexibility index (Phi) is 4.11. The van der Waals surface area contributed by atoms with Gasteiger partial charge in [-0.1, -0.05) is 19.1 Å². The number of thiophene rings is 1. The summed E-state index contributed by atoms with van der Waals surface area (Å²) in [5.41, 5.74) is 5.92. The molecule has 0 aliphatic carbocycles. The van der Waals surface area contributed by atoms with Gasteiger partial charge >= 0.3 is 0 Å². The van der Waals surface area contributed by atoms with Crippen LogP contribution >= 0.6 is 11.3 Å². The van der Waals surface area contributed by atoms with E-state index in [9.17, 15) is 4.39 Å². The predicted molar refractivity (Wildman–Crippen MR) is 89.8 cm³/mol. The van der Waals surface area contributed by atoms with E-state index in [1.165, 1.54) is 29.8 Å². The normalized spacial score (nSPS) is 11.9. The lowest BCUT2D eigenvalue weighted by Crippen LogP contribution is -1.98. The van der Waals surface area contributed by atoms with E-state index in [0.717, 1.165) is 33.5 Å². The van der Waals surface area contributed by atoms with Crippen molar-refractivity contribution >= 4 is 33.1 Å². The number of nitrogens with zero attached hydrogens (tertiary/aromatic N) is 3. The minimum Gasteiger partial charge on any atom is -0.261 e. The Labute approximate surface area is 131 Å². The van der Waals surface area contributed by atoms with Gasteiger partial charge in [-0.15, -0.1) is 11.3 Å². The largest absolute Gasteiger partial charge is 0.261 e. The molecule has 0 unspecified atom stereocenters. The molecule has 0 aliphatic heterocycles. The molecule has 0 saturated carbocycles. The Balaban J connectivity index is 2.10. The molecule has 4 nitrogen and oxygen atoms in total. The van der Waals surface area contributed by atoms with Crippen LogP contribution in [0.1, 0.15) is 20.3 Å². The van der Waals surface area contributed by atoms with E-state index in [2.05, 4.69) is 20.5 Å². The van der Waals surface area contributed by atoms with Gasteiger partial charge in [0.1, 0.15) is 17.0 Å². The van der Waals surface area contributed by atoms with Crippen LogP contribution < -0.4 is 5.43 Å². The minimum atomic E-state index is -0.249. The van der Waals surface area contributed by atoms with Crippen LogP contribution in [0.3, 0.4) is 0 Å². The summed E-state index contributed by atoms with van der Waals surface area (Å²) in [6, 6.07) is 6.42. The third-order valence-electron chi connectivity index (χ3n) is 3.39. The van der Waals surface area contributed by atoms with Crippen LogP contribution in [0, 0.1) is 5.82 Å². The lowest BCUT2D eigenvalue weighted by atomic mass is 10.1. The molecule has 112 valence electrons. The molecule has 22 heavy (non-hydrogen) atoms. The average Bonchev–Trinajstić information content (AvgIpc) is 2.98. The molecule has 0 fully saturated rings. The number of nitrogens with one attached hydrogen (secondary N) is 1. The van der Waals surface area contributed by atoms with Crippen LogP contribution in [0.15, 0.2) is 41.1 Å². The van der Waals surface area contributed by atoms with E-state index >= 15 is 0 Å². The van der Waals surface area contributed by atoms with E-state index in [4.69, 9.17) is 0 Å². The van der Waals surface area contributed by atoms with Gasteiger partial charge in [-0.05, 0) is 31.0 Å². The maximum absolute atomic E-state index is 13.1. The quantitative estimate of drug-likeness (QED) is 0.561. The highest BCUT2D eigenvalue weighted by Gasteiger charge is 2.12. The number of rotatable bonds is 4. The second kappa shape index (κ2) is 6.19. The third-order valence-corrected chi connectivity index (χ3v) is 4.28. The van der Waals surface area contributed by atoms with E-state index < -0.39 is 0 Å². The fraction of sp³-hybridized carbons (Fsp3) is 0.188. The molecule has 0 atom stereocenters. The number of hydrogen-bond acceptors (Lipinski definition) is 5. The zero-order chi connectivity index (χ0) is 15.5. The van der Waals surface area contributed by atoms with Crippen molar-refractivity contribution in [2.24, 2.45) is 5.10 Å². The summed E-state index contributed by atoms with van der Waals surface area (Å²) >= 11 is 1.53. The number of aromatic nitrogens is 2. The van der Waals surface area contributed by atoms with Gasteiger partial charge in [0.2, 0.25) is 0 Å². The van der Waals surface area contributed by atoms with Gasteiger partial charge in [0.05, 0.1) is 5.39 Å². The topological polar surface area (TPSA) is 50.2 Å². The van der Waals surface area contributed by atoms with E-state index in [-0.39, 0.29) is 5.82 Å². The Bertz CT molecular complexity index is 824. The van der Waals surface area contributed by atoms with E-state index in [1.54, 1.807) is 12.1 Å². The molecule has 0 radical (unpaired) electrons.